The molecule has 94 valence electrons. The first-order valence-corrected chi connectivity index (χ1v) is 4.84. The third-order valence-electron chi connectivity index (χ3n) is 1.99. The molecule has 0 saturated heterocycles. The largest absolute Gasteiger partial charge is 0.469 e. The standard InChI is InChI=1S/C11H14N2O3.ClH/c1-16-10(14)5-6-13-11(15)8-3-2-4-9(12)7-8;/h2-4,7H,5-6,12H2,1H3,(H,13,15);1H. The van der Waals surface area contributed by atoms with E-state index in [0.717, 1.165) is 0 Å². The number of halogens is 1. The third kappa shape index (κ3) is 5.21. The topological polar surface area (TPSA) is 81.4 Å². The van der Waals surface area contributed by atoms with Gasteiger partial charge in [-0.2, -0.15) is 0 Å². The van der Waals surface area contributed by atoms with Crippen molar-refractivity contribution in [3.8, 4) is 0 Å². The van der Waals surface area contributed by atoms with E-state index in [4.69, 9.17) is 5.73 Å². The summed E-state index contributed by atoms with van der Waals surface area (Å²) in [7, 11) is 1.31. The maximum Gasteiger partial charge on any atom is 0.307 e. The number of hydrogen-bond acceptors (Lipinski definition) is 4. The Morgan fingerprint density at radius 3 is 2.71 bits per heavy atom. The predicted molar refractivity (Wildman–Crippen MR) is 67.1 cm³/mol. The van der Waals surface area contributed by atoms with Gasteiger partial charge in [-0.3, -0.25) is 9.59 Å². The predicted octanol–water partition coefficient (Wildman–Crippen LogP) is 0.983. The second-order valence-electron chi connectivity index (χ2n) is 3.21. The molecule has 0 bridgehead atoms. The van der Waals surface area contributed by atoms with Crippen LogP contribution in [0.4, 0.5) is 5.69 Å². The van der Waals surface area contributed by atoms with Crippen LogP contribution in [0.5, 0.6) is 0 Å². The summed E-state index contributed by atoms with van der Waals surface area (Å²) in [5.41, 5.74) is 6.55. The fourth-order valence-electron chi connectivity index (χ4n) is 1.16. The molecule has 0 unspecified atom stereocenters. The lowest BCUT2D eigenvalue weighted by atomic mass is 10.2. The normalized spacial score (nSPS) is 9.00. The number of hydrogen-bond donors (Lipinski definition) is 2. The molecule has 5 nitrogen and oxygen atoms in total. The zero-order chi connectivity index (χ0) is 12.0. The minimum atomic E-state index is -0.354. The number of nitrogens with two attached hydrogens (primary N) is 1. The molecule has 0 saturated carbocycles. The highest BCUT2D eigenvalue weighted by atomic mass is 35.5. The average Bonchev–Trinajstić information content (AvgIpc) is 2.28. The van der Waals surface area contributed by atoms with E-state index < -0.39 is 0 Å². The van der Waals surface area contributed by atoms with Crippen LogP contribution in [0.3, 0.4) is 0 Å². The summed E-state index contributed by atoms with van der Waals surface area (Å²) in [5, 5.41) is 2.60. The van der Waals surface area contributed by atoms with Crippen molar-refractivity contribution in [3.63, 3.8) is 0 Å². The Morgan fingerprint density at radius 2 is 2.12 bits per heavy atom. The van der Waals surface area contributed by atoms with Crippen LogP contribution in [0.1, 0.15) is 16.8 Å². The summed E-state index contributed by atoms with van der Waals surface area (Å²) >= 11 is 0. The van der Waals surface area contributed by atoms with Crippen LogP contribution in [0.25, 0.3) is 0 Å². The van der Waals surface area contributed by atoms with Gasteiger partial charge in [0.15, 0.2) is 0 Å². The zero-order valence-corrected chi connectivity index (χ0v) is 10.3. The molecule has 0 radical (unpaired) electrons. The Labute approximate surface area is 106 Å². The molecule has 1 aromatic rings. The number of nitrogen functional groups attached to an aromatic ring is 1. The summed E-state index contributed by atoms with van der Waals surface area (Å²) in [6.07, 6.45) is 0.157. The van der Waals surface area contributed by atoms with Gasteiger partial charge in [0.05, 0.1) is 13.5 Å². The smallest absolute Gasteiger partial charge is 0.307 e. The highest BCUT2D eigenvalue weighted by Crippen LogP contribution is 2.05. The number of nitrogens with one attached hydrogen (secondary N) is 1. The van der Waals surface area contributed by atoms with Crippen molar-refractivity contribution >= 4 is 30.0 Å². The first kappa shape index (κ1) is 15.2. The molecule has 0 fully saturated rings. The van der Waals surface area contributed by atoms with Gasteiger partial charge in [-0.05, 0) is 18.2 Å². The Balaban J connectivity index is 0.00000256. The minimum absolute atomic E-state index is 0. The number of rotatable bonds is 4. The van der Waals surface area contributed by atoms with E-state index in [1.165, 1.54) is 7.11 Å². The molecule has 0 atom stereocenters. The number of carbonyl (C=O) groups excluding carboxylic acids is 2. The lowest BCUT2D eigenvalue weighted by Crippen LogP contribution is -2.26. The second-order valence-corrected chi connectivity index (χ2v) is 3.21. The van der Waals surface area contributed by atoms with E-state index in [2.05, 4.69) is 10.1 Å². The number of benzene rings is 1. The summed E-state index contributed by atoms with van der Waals surface area (Å²) in [4.78, 5) is 22.3. The second kappa shape index (κ2) is 7.51. The number of carbonyl (C=O) groups is 2. The van der Waals surface area contributed by atoms with E-state index >= 15 is 0 Å². The van der Waals surface area contributed by atoms with E-state index in [1.54, 1.807) is 24.3 Å². The SMILES string of the molecule is COC(=O)CCNC(=O)c1cccc(N)c1.Cl. The molecule has 0 aliphatic rings. The molecule has 0 aliphatic heterocycles. The van der Waals surface area contributed by atoms with Crippen LogP contribution in [-0.4, -0.2) is 25.5 Å². The molecular formula is C11H15ClN2O3. The van der Waals surface area contributed by atoms with E-state index in [0.29, 0.717) is 11.3 Å². The number of ether oxygens (including phenoxy) is 1. The van der Waals surface area contributed by atoms with Crippen LogP contribution in [0.2, 0.25) is 0 Å². The summed E-state index contributed by atoms with van der Waals surface area (Å²) in [6, 6.07) is 6.63. The summed E-state index contributed by atoms with van der Waals surface area (Å²) < 4.78 is 4.45. The van der Waals surface area contributed by atoms with Crippen LogP contribution in [-0.2, 0) is 9.53 Å². The van der Waals surface area contributed by atoms with Crippen molar-refractivity contribution in [1.29, 1.82) is 0 Å². The van der Waals surface area contributed by atoms with E-state index in [1.807, 2.05) is 0 Å². The molecule has 1 amide bonds. The van der Waals surface area contributed by atoms with Gasteiger partial charge in [0.25, 0.3) is 5.91 Å². The first-order valence-electron chi connectivity index (χ1n) is 4.84. The van der Waals surface area contributed by atoms with Gasteiger partial charge in [-0.15, -0.1) is 12.4 Å². The first-order chi connectivity index (χ1) is 7.63. The lowest BCUT2D eigenvalue weighted by molar-refractivity contribution is -0.140. The Morgan fingerprint density at radius 1 is 1.41 bits per heavy atom. The molecule has 6 heteroatoms. The fraction of sp³-hybridized carbons (Fsp3) is 0.273. The molecule has 0 spiro atoms. The van der Waals surface area contributed by atoms with Crippen molar-refractivity contribution in [1.82, 2.24) is 5.32 Å². The average molecular weight is 259 g/mol. The molecule has 1 aromatic carbocycles. The van der Waals surface area contributed by atoms with E-state index in [-0.39, 0.29) is 37.2 Å². The molecule has 0 aliphatic carbocycles. The highest BCUT2D eigenvalue weighted by molar-refractivity contribution is 5.95. The monoisotopic (exact) mass is 258 g/mol. The van der Waals surface area contributed by atoms with Gasteiger partial charge >= 0.3 is 5.97 Å². The van der Waals surface area contributed by atoms with Gasteiger partial charge < -0.3 is 15.8 Å². The van der Waals surface area contributed by atoms with Crippen LogP contribution < -0.4 is 11.1 Å². The molecule has 3 N–H and O–H groups in total. The van der Waals surface area contributed by atoms with E-state index in [9.17, 15) is 9.59 Å². The van der Waals surface area contributed by atoms with Gasteiger partial charge in [-0.1, -0.05) is 6.07 Å². The van der Waals surface area contributed by atoms with Crippen LogP contribution >= 0.6 is 12.4 Å². The molecule has 0 aromatic heterocycles. The molecule has 0 heterocycles. The lowest BCUT2D eigenvalue weighted by Gasteiger charge is -2.04. The third-order valence-corrected chi connectivity index (χ3v) is 1.99. The Kier molecular flexibility index (Phi) is 6.74. The van der Waals surface area contributed by atoms with Gasteiger partial charge in [0.1, 0.15) is 0 Å². The quantitative estimate of drug-likeness (QED) is 0.623. The Bertz CT molecular complexity index is 396. The zero-order valence-electron chi connectivity index (χ0n) is 9.43. The van der Waals surface area contributed by atoms with Crippen molar-refractivity contribution in [3.05, 3.63) is 29.8 Å². The molecule has 1 rings (SSSR count). The van der Waals surface area contributed by atoms with Gasteiger partial charge in [0.2, 0.25) is 0 Å². The Hall–Kier alpha value is -1.75. The maximum absolute atomic E-state index is 11.5. The highest BCUT2D eigenvalue weighted by Gasteiger charge is 2.06. The molecule has 17 heavy (non-hydrogen) atoms. The molecular weight excluding hydrogens is 244 g/mol. The van der Waals surface area contributed by atoms with Crippen molar-refractivity contribution in [2.45, 2.75) is 6.42 Å². The summed E-state index contributed by atoms with van der Waals surface area (Å²) in [6.45, 7) is 0.250. The van der Waals surface area contributed by atoms with Crippen molar-refractivity contribution < 1.29 is 14.3 Å². The van der Waals surface area contributed by atoms with Gasteiger partial charge in [0, 0.05) is 17.8 Å². The van der Waals surface area contributed by atoms with Crippen molar-refractivity contribution in [2.24, 2.45) is 0 Å². The van der Waals surface area contributed by atoms with Crippen LogP contribution in [0, 0.1) is 0 Å². The summed E-state index contributed by atoms with van der Waals surface area (Å²) in [5.74, 6) is -0.607. The maximum atomic E-state index is 11.5. The fourth-order valence-corrected chi connectivity index (χ4v) is 1.16. The van der Waals surface area contributed by atoms with Gasteiger partial charge in [-0.25, -0.2) is 0 Å². The number of esters is 1. The minimum Gasteiger partial charge on any atom is -0.469 e. The number of methoxy groups -OCH3 is 1. The van der Waals surface area contributed by atoms with Crippen molar-refractivity contribution in [2.75, 3.05) is 19.4 Å². The number of anilines is 1. The number of amides is 1. The van der Waals surface area contributed by atoms with Crippen LogP contribution in [0.15, 0.2) is 24.3 Å².